The highest BCUT2D eigenvalue weighted by Crippen LogP contribution is 2.20. The molecular formula is C15H17N7O. The van der Waals surface area contributed by atoms with Gasteiger partial charge in [0, 0.05) is 13.2 Å². The van der Waals surface area contributed by atoms with Crippen molar-refractivity contribution in [3.8, 4) is 5.69 Å². The minimum atomic E-state index is -0.347. The van der Waals surface area contributed by atoms with Gasteiger partial charge in [0.05, 0.1) is 23.3 Å². The molecule has 8 heteroatoms. The van der Waals surface area contributed by atoms with Crippen molar-refractivity contribution >= 4 is 17.4 Å². The summed E-state index contributed by atoms with van der Waals surface area (Å²) in [7, 11) is 1.79. The van der Waals surface area contributed by atoms with Gasteiger partial charge in [-0.25, -0.2) is 14.5 Å². The summed E-state index contributed by atoms with van der Waals surface area (Å²) in [5.41, 5.74) is 2.02. The van der Waals surface area contributed by atoms with E-state index in [0.29, 0.717) is 17.2 Å². The Kier molecular flexibility index (Phi) is 3.80. The number of nitrogens with zero attached hydrogens (tertiary/aromatic N) is 5. The minimum Gasteiger partial charge on any atom is -0.306 e. The van der Waals surface area contributed by atoms with Gasteiger partial charge in [-0.2, -0.15) is 10.2 Å². The van der Waals surface area contributed by atoms with Gasteiger partial charge in [-0.1, -0.05) is 12.1 Å². The number of nitrogens with one attached hydrogen (secondary N) is 2. The molecule has 2 N–H and O–H groups in total. The first-order valence-electron chi connectivity index (χ1n) is 7.09. The maximum Gasteiger partial charge on any atom is 0.323 e. The molecule has 2 heterocycles. The molecule has 0 saturated carbocycles. The molecular weight excluding hydrogens is 294 g/mol. The largest absolute Gasteiger partial charge is 0.323 e. The molecule has 0 aliphatic carbocycles. The summed E-state index contributed by atoms with van der Waals surface area (Å²) in [6.45, 7) is 3.70. The molecule has 23 heavy (non-hydrogen) atoms. The van der Waals surface area contributed by atoms with Crippen LogP contribution in [0.25, 0.3) is 5.69 Å². The quantitative estimate of drug-likeness (QED) is 0.776. The second-order valence-electron chi connectivity index (χ2n) is 5.12. The fraction of sp³-hybridized carbons (Fsp3) is 0.200. The second kappa shape index (κ2) is 5.91. The Morgan fingerprint density at radius 1 is 1.17 bits per heavy atom. The summed E-state index contributed by atoms with van der Waals surface area (Å²) in [5, 5.41) is 13.9. The lowest BCUT2D eigenvalue weighted by molar-refractivity contribution is 0.262. The van der Waals surface area contributed by atoms with Crippen LogP contribution >= 0.6 is 0 Å². The molecule has 3 aromatic rings. The Morgan fingerprint density at radius 2 is 1.96 bits per heavy atom. The topological polar surface area (TPSA) is 89.7 Å². The number of carbonyl (C=O) groups excluding carboxylic acids is 1. The number of rotatable bonds is 3. The average Bonchev–Trinajstić information content (AvgIpc) is 3.04. The number of hydrogen-bond donors (Lipinski definition) is 2. The molecule has 0 aliphatic heterocycles. The van der Waals surface area contributed by atoms with Crippen molar-refractivity contribution in [1.29, 1.82) is 0 Å². The number of anilines is 2. The number of amides is 2. The van der Waals surface area contributed by atoms with Crippen LogP contribution in [0.5, 0.6) is 0 Å². The molecule has 3 rings (SSSR count). The van der Waals surface area contributed by atoms with E-state index in [1.807, 2.05) is 38.1 Å². The van der Waals surface area contributed by atoms with Gasteiger partial charge >= 0.3 is 6.03 Å². The Balaban J connectivity index is 1.83. The van der Waals surface area contributed by atoms with Crippen molar-refractivity contribution in [2.45, 2.75) is 13.8 Å². The van der Waals surface area contributed by atoms with E-state index in [2.05, 4.69) is 25.8 Å². The van der Waals surface area contributed by atoms with Crippen molar-refractivity contribution in [3.63, 3.8) is 0 Å². The van der Waals surface area contributed by atoms with Gasteiger partial charge in [0.2, 0.25) is 0 Å². The van der Waals surface area contributed by atoms with E-state index < -0.39 is 0 Å². The van der Waals surface area contributed by atoms with Crippen molar-refractivity contribution in [1.82, 2.24) is 24.5 Å². The maximum absolute atomic E-state index is 12.2. The van der Waals surface area contributed by atoms with E-state index >= 15 is 0 Å². The number of aromatic nitrogens is 5. The highest BCUT2D eigenvalue weighted by molar-refractivity contribution is 6.00. The summed E-state index contributed by atoms with van der Waals surface area (Å²) >= 11 is 0. The molecule has 0 atom stereocenters. The monoisotopic (exact) mass is 311 g/mol. The Hall–Kier alpha value is -3.16. The molecule has 2 amide bonds. The fourth-order valence-electron chi connectivity index (χ4n) is 2.28. The van der Waals surface area contributed by atoms with Crippen molar-refractivity contribution < 1.29 is 4.79 Å². The third kappa shape index (κ3) is 3.20. The summed E-state index contributed by atoms with van der Waals surface area (Å²) in [6, 6.07) is 7.08. The van der Waals surface area contributed by atoms with Crippen LogP contribution in [0.15, 0.2) is 36.7 Å². The normalized spacial score (nSPS) is 10.6. The van der Waals surface area contributed by atoms with Crippen LogP contribution in [0.3, 0.4) is 0 Å². The molecule has 0 radical (unpaired) electrons. The van der Waals surface area contributed by atoms with Gasteiger partial charge in [0.25, 0.3) is 0 Å². The number of benzene rings is 1. The van der Waals surface area contributed by atoms with Gasteiger partial charge in [-0.05, 0) is 26.0 Å². The standard InChI is InChI=1S/C15H17N7O/c1-10-17-11(2)22(20-10)14-7-5-4-6-13(14)19-15(23)18-12-8-16-21(3)9-12/h4-9H,1-3H3,(H2,18,19,23). The van der Waals surface area contributed by atoms with Gasteiger partial charge in [-0.3, -0.25) is 4.68 Å². The summed E-state index contributed by atoms with van der Waals surface area (Å²) < 4.78 is 3.32. The first-order valence-corrected chi connectivity index (χ1v) is 7.09. The molecule has 0 spiro atoms. The average molecular weight is 311 g/mol. The first kappa shape index (κ1) is 14.8. The number of hydrogen-bond acceptors (Lipinski definition) is 4. The number of urea groups is 1. The predicted molar refractivity (Wildman–Crippen MR) is 86.7 cm³/mol. The van der Waals surface area contributed by atoms with E-state index in [9.17, 15) is 4.79 Å². The van der Waals surface area contributed by atoms with Crippen LogP contribution in [0, 0.1) is 13.8 Å². The Morgan fingerprint density at radius 3 is 2.61 bits per heavy atom. The zero-order chi connectivity index (χ0) is 16.4. The van der Waals surface area contributed by atoms with E-state index in [-0.39, 0.29) is 6.03 Å². The highest BCUT2D eigenvalue weighted by Gasteiger charge is 2.12. The number of aryl methyl sites for hydroxylation is 3. The molecule has 0 unspecified atom stereocenters. The summed E-state index contributed by atoms with van der Waals surface area (Å²) in [6.07, 6.45) is 3.30. The second-order valence-corrected chi connectivity index (χ2v) is 5.12. The van der Waals surface area contributed by atoms with Crippen LogP contribution < -0.4 is 10.6 Å². The lowest BCUT2D eigenvalue weighted by atomic mass is 10.2. The summed E-state index contributed by atoms with van der Waals surface area (Å²) in [5.74, 6) is 1.43. The zero-order valence-electron chi connectivity index (χ0n) is 13.1. The number of para-hydroxylation sites is 2. The van der Waals surface area contributed by atoms with Crippen molar-refractivity contribution in [2.24, 2.45) is 7.05 Å². The molecule has 0 saturated heterocycles. The van der Waals surface area contributed by atoms with Crippen LogP contribution in [0.4, 0.5) is 16.2 Å². The third-order valence-corrected chi connectivity index (χ3v) is 3.22. The minimum absolute atomic E-state index is 0.347. The SMILES string of the molecule is Cc1nc(C)n(-c2ccccc2NC(=O)Nc2cnn(C)c2)n1. The van der Waals surface area contributed by atoms with Gasteiger partial charge < -0.3 is 10.6 Å². The molecule has 0 bridgehead atoms. The van der Waals surface area contributed by atoms with Gasteiger partial charge in [-0.15, -0.1) is 0 Å². The van der Waals surface area contributed by atoms with E-state index in [1.54, 1.807) is 28.8 Å². The molecule has 0 fully saturated rings. The first-order chi connectivity index (χ1) is 11.0. The molecule has 2 aromatic heterocycles. The van der Waals surface area contributed by atoms with E-state index in [1.165, 1.54) is 0 Å². The Labute approximate surface area is 133 Å². The van der Waals surface area contributed by atoms with Gasteiger partial charge in [0.15, 0.2) is 0 Å². The molecule has 118 valence electrons. The molecule has 8 nitrogen and oxygen atoms in total. The molecule has 1 aromatic carbocycles. The van der Waals surface area contributed by atoms with Crippen LogP contribution in [-0.4, -0.2) is 30.6 Å². The van der Waals surface area contributed by atoms with Crippen LogP contribution in [0.2, 0.25) is 0 Å². The smallest absolute Gasteiger partial charge is 0.306 e. The van der Waals surface area contributed by atoms with Crippen LogP contribution in [-0.2, 0) is 7.05 Å². The fourth-order valence-corrected chi connectivity index (χ4v) is 2.28. The molecule has 0 aliphatic rings. The van der Waals surface area contributed by atoms with E-state index in [0.717, 1.165) is 11.5 Å². The van der Waals surface area contributed by atoms with Crippen molar-refractivity contribution in [2.75, 3.05) is 10.6 Å². The summed E-state index contributed by atoms with van der Waals surface area (Å²) in [4.78, 5) is 16.5. The maximum atomic E-state index is 12.2. The predicted octanol–water partition coefficient (Wildman–Crippen LogP) is 2.26. The van der Waals surface area contributed by atoms with Gasteiger partial charge in [0.1, 0.15) is 11.6 Å². The van der Waals surface area contributed by atoms with Crippen molar-refractivity contribution in [3.05, 3.63) is 48.3 Å². The number of carbonyl (C=O) groups is 1. The van der Waals surface area contributed by atoms with E-state index in [4.69, 9.17) is 0 Å². The van der Waals surface area contributed by atoms with Crippen LogP contribution in [0.1, 0.15) is 11.6 Å². The third-order valence-electron chi connectivity index (χ3n) is 3.22. The lowest BCUT2D eigenvalue weighted by Gasteiger charge is -2.12. The lowest BCUT2D eigenvalue weighted by Crippen LogP contribution is -2.20. The highest BCUT2D eigenvalue weighted by atomic mass is 16.2. The Bertz CT molecular complexity index is 849. The zero-order valence-corrected chi connectivity index (χ0v) is 13.1.